The highest BCUT2D eigenvalue weighted by atomic mass is 35.5. The van der Waals surface area contributed by atoms with Gasteiger partial charge in [-0.05, 0) is 35.9 Å². The monoisotopic (exact) mass is 455 g/mol. The summed E-state index contributed by atoms with van der Waals surface area (Å²) >= 11 is 7.84. The molecule has 1 aliphatic heterocycles. The van der Waals surface area contributed by atoms with Crippen LogP contribution in [0.2, 0.25) is 5.02 Å². The zero-order valence-electron chi connectivity index (χ0n) is 16.2. The Kier molecular flexibility index (Phi) is 5.28. The minimum absolute atomic E-state index is 0.00353. The topological polar surface area (TPSA) is 119 Å². The van der Waals surface area contributed by atoms with Crippen molar-refractivity contribution in [3.8, 4) is 10.6 Å². The maximum atomic E-state index is 12.3. The second kappa shape index (κ2) is 8.23. The van der Waals surface area contributed by atoms with Gasteiger partial charge in [-0.25, -0.2) is 0 Å². The maximum absolute atomic E-state index is 12.3. The summed E-state index contributed by atoms with van der Waals surface area (Å²) in [5.41, 5.74) is 3.79. The zero-order chi connectivity index (χ0) is 21.4. The van der Waals surface area contributed by atoms with Gasteiger partial charge in [-0.3, -0.25) is 9.89 Å². The van der Waals surface area contributed by atoms with Crippen LogP contribution in [0.5, 0.6) is 0 Å². The van der Waals surface area contributed by atoms with Crippen molar-refractivity contribution in [3.63, 3.8) is 0 Å². The number of nitrogens with one attached hydrogen (secondary N) is 3. The van der Waals surface area contributed by atoms with Gasteiger partial charge in [-0.1, -0.05) is 22.9 Å². The van der Waals surface area contributed by atoms with E-state index >= 15 is 0 Å². The van der Waals surface area contributed by atoms with Gasteiger partial charge in [-0.2, -0.15) is 5.10 Å². The van der Waals surface area contributed by atoms with Crippen LogP contribution in [0.4, 0.5) is 16.5 Å². The normalized spacial score (nSPS) is 14.4. The Balaban J connectivity index is 1.45. The van der Waals surface area contributed by atoms with E-state index in [1.165, 1.54) is 11.3 Å². The van der Waals surface area contributed by atoms with E-state index in [1.807, 2.05) is 30.3 Å². The standard InChI is InChI=1S/C20H18ClN7O2S/c21-18-14-8-23-25-15(14)1-2-16(18)24-20-27-26-19(31-20)12-5-11(10-29)6-13(7-12)28-4-3-22-9-17(28)30/h1-2,5-8,22,29H,3-4,9-10H2,(H,23,25)(H,24,27). The van der Waals surface area contributed by atoms with Gasteiger partial charge in [0.2, 0.25) is 11.0 Å². The predicted octanol–water partition coefficient (Wildman–Crippen LogP) is 2.91. The lowest BCUT2D eigenvalue weighted by atomic mass is 10.1. The number of hydrogen-bond donors (Lipinski definition) is 4. The van der Waals surface area contributed by atoms with Crippen molar-refractivity contribution < 1.29 is 9.90 Å². The van der Waals surface area contributed by atoms with Gasteiger partial charge < -0.3 is 20.6 Å². The number of benzene rings is 2. The van der Waals surface area contributed by atoms with Crippen LogP contribution in [-0.4, -0.2) is 51.0 Å². The molecule has 4 aromatic rings. The number of rotatable bonds is 5. The molecule has 9 nitrogen and oxygen atoms in total. The number of fused-ring (bicyclic) bond motifs is 1. The Morgan fingerprint density at radius 3 is 3.00 bits per heavy atom. The molecular weight excluding hydrogens is 438 g/mol. The number of aromatic nitrogens is 4. The largest absolute Gasteiger partial charge is 0.392 e. The van der Waals surface area contributed by atoms with E-state index in [0.717, 1.165) is 28.7 Å². The van der Waals surface area contributed by atoms with E-state index in [-0.39, 0.29) is 12.5 Å². The smallest absolute Gasteiger partial charge is 0.240 e. The highest BCUT2D eigenvalue weighted by Gasteiger charge is 2.21. The van der Waals surface area contributed by atoms with Gasteiger partial charge in [0, 0.05) is 29.7 Å². The number of aliphatic hydroxyl groups excluding tert-OH is 1. The van der Waals surface area contributed by atoms with Crippen molar-refractivity contribution >= 4 is 56.3 Å². The van der Waals surface area contributed by atoms with Crippen molar-refractivity contribution in [1.29, 1.82) is 0 Å². The Morgan fingerprint density at radius 1 is 1.26 bits per heavy atom. The number of hydrogen-bond acceptors (Lipinski definition) is 8. The number of H-pyrrole nitrogens is 1. The molecule has 4 N–H and O–H groups in total. The first-order valence-electron chi connectivity index (χ1n) is 9.61. The van der Waals surface area contributed by atoms with Crippen molar-refractivity contribution in [3.05, 3.63) is 47.1 Å². The maximum Gasteiger partial charge on any atom is 0.240 e. The van der Waals surface area contributed by atoms with Crippen LogP contribution in [0, 0.1) is 0 Å². The van der Waals surface area contributed by atoms with Crippen molar-refractivity contribution in [1.82, 2.24) is 25.7 Å². The van der Waals surface area contributed by atoms with Gasteiger partial charge in [0.25, 0.3) is 0 Å². The number of nitrogens with zero attached hydrogens (tertiary/aromatic N) is 4. The quantitative estimate of drug-likeness (QED) is 0.365. The lowest BCUT2D eigenvalue weighted by Gasteiger charge is -2.28. The summed E-state index contributed by atoms with van der Waals surface area (Å²) in [4.78, 5) is 14.0. The van der Waals surface area contributed by atoms with Crippen molar-refractivity contribution in [2.24, 2.45) is 0 Å². The Labute approximate surface area is 186 Å². The van der Waals surface area contributed by atoms with E-state index in [0.29, 0.717) is 39.5 Å². The van der Waals surface area contributed by atoms with Crippen LogP contribution in [0.1, 0.15) is 5.56 Å². The molecule has 1 aliphatic rings. The summed E-state index contributed by atoms with van der Waals surface area (Å²) in [6.45, 7) is 1.46. The third kappa shape index (κ3) is 3.86. The molecule has 0 unspecified atom stereocenters. The molecule has 11 heteroatoms. The molecule has 31 heavy (non-hydrogen) atoms. The molecule has 2 aromatic heterocycles. The zero-order valence-corrected chi connectivity index (χ0v) is 17.8. The SMILES string of the molecule is O=C1CNCCN1c1cc(CO)cc(-c2nnc(Nc3ccc4[nH]ncc4c3Cl)s2)c1. The number of carbonyl (C=O) groups excluding carboxylic acids is 1. The number of aliphatic hydroxyl groups is 1. The average molecular weight is 456 g/mol. The molecule has 0 aliphatic carbocycles. The fourth-order valence-corrected chi connectivity index (χ4v) is 4.51. The number of amides is 1. The molecule has 0 radical (unpaired) electrons. The second-order valence-corrected chi connectivity index (χ2v) is 8.42. The number of carbonyl (C=O) groups is 1. The molecule has 1 amide bonds. The molecular formula is C20H18ClN7O2S. The summed E-state index contributed by atoms with van der Waals surface area (Å²) in [7, 11) is 0. The Morgan fingerprint density at radius 2 is 2.16 bits per heavy atom. The van der Waals surface area contributed by atoms with E-state index in [1.54, 1.807) is 11.1 Å². The van der Waals surface area contributed by atoms with Crippen LogP contribution in [0.3, 0.4) is 0 Å². The third-order valence-corrected chi connectivity index (χ3v) is 6.33. The molecule has 0 atom stereocenters. The number of piperazine rings is 1. The third-order valence-electron chi connectivity index (χ3n) is 5.03. The average Bonchev–Trinajstić information content (AvgIpc) is 3.46. The fourth-order valence-electron chi connectivity index (χ4n) is 3.51. The van der Waals surface area contributed by atoms with Gasteiger partial charge >= 0.3 is 0 Å². The first kappa shape index (κ1) is 19.9. The Bertz CT molecular complexity index is 1270. The van der Waals surface area contributed by atoms with E-state index in [2.05, 4.69) is 31.0 Å². The molecule has 2 aromatic carbocycles. The molecule has 3 heterocycles. The van der Waals surface area contributed by atoms with Crippen molar-refractivity contribution in [2.45, 2.75) is 6.61 Å². The van der Waals surface area contributed by atoms with Gasteiger partial charge in [0.05, 0.1) is 35.6 Å². The minimum atomic E-state index is -0.134. The van der Waals surface area contributed by atoms with E-state index in [9.17, 15) is 9.90 Å². The first-order valence-corrected chi connectivity index (χ1v) is 10.8. The summed E-state index contributed by atoms with van der Waals surface area (Å²) in [6, 6.07) is 9.32. The summed E-state index contributed by atoms with van der Waals surface area (Å²) < 4.78 is 0. The fraction of sp³-hybridized carbons (Fsp3) is 0.200. The van der Waals surface area contributed by atoms with E-state index < -0.39 is 0 Å². The minimum Gasteiger partial charge on any atom is -0.392 e. The van der Waals surface area contributed by atoms with E-state index in [4.69, 9.17) is 11.6 Å². The van der Waals surface area contributed by atoms with Crippen LogP contribution in [0.15, 0.2) is 36.5 Å². The number of halogens is 1. The molecule has 158 valence electrons. The summed E-state index contributed by atoms with van der Waals surface area (Å²) in [6.07, 6.45) is 1.67. The number of aromatic amines is 1. The summed E-state index contributed by atoms with van der Waals surface area (Å²) in [5, 5.41) is 34.0. The van der Waals surface area contributed by atoms with Crippen molar-refractivity contribution in [2.75, 3.05) is 29.9 Å². The summed E-state index contributed by atoms with van der Waals surface area (Å²) in [5.74, 6) is -0.00353. The van der Waals surface area contributed by atoms with Crippen LogP contribution in [0.25, 0.3) is 21.5 Å². The van der Waals surface area contributed by atoms with Gasteiger partial charge in [-0.15, -0.1) is 10.2 Å². The molecule has 1 fully saturated rings. The number of anilines is 3. The lowest BCUT2D eigenvalue weighted by Crippen LogP contribution is -2.48. The van der Waals surface area contributed by atoms with Gasteiger partial charge in [0.1, 0.15) is 5.01 Å². The molecule has 0 spiro atoms. The second-order valence-electron chi connectivity index (χ2n) is 7.06. The predicted molar refractivity (Wildman–Crippen MR) is 121 cm³/mol. The first-order chi connectivity index (χ1) is 15.1. The molecule has 0 saturated carbocycles. The van der Waals surface area contributed by atoms with Crippen LogP contribution < -0.4 is 15.5 Å². The van der Waals surface area contributed by atoms with Crippen LogP contribution >= 0.6 is 22.9 Å². The molecule has 5 rings (SSSR count). The Hall–Kier alpha value is -3.05. The highest BCUT2D eigenvalue weighted by Crippen LogP contribution is 2.35. The van der Waals surface area contributed by atoms with Gasteiger partial charge in [0.15, 0.2) is 0 Å². The highest BCUT2D eigenvalue weighted by molar-refractivity contribution is 7.18. The lowest BCUT2D eigenvalue weighted by molar-refractivity contribution is -0.118. The van der Waals surface area contributed by atoms with Crippen LogP contribution in [-0.2, 0) is 11.4 Å². The molecule has 1 saturated heterocycles. The molecule has 0 bridgehead atoms.